The molecular formula is C25H28N4O4. The number of amides is 1. The molecule has 3 aromatic rings. The highest BCUT2D eigenvalue weighted by Crippen LogP contribution is 2.28. The summed E-state index contributed by atoms with van der Waals surface area (Å²) in [4.78, 5) is 29.5. The van der Waals surface area contributed by atoms with Crippen molar-refractivity contribution in [1.29, 1.82) is 0 Å². The van der Waals surface area contributed by atoms with Crippen molar-refractivity contribution in [1.82, 2.24) is 14.7 Å². The lowest BCUT2D eigenvalue weighted by molar-refractivity contribution is 0.0766. The molecule has 8 nitrogen and oxygen atoms in total. The Kier molecular flexibility index (Phi) is 6.63. The monoisotopic (exact) mass is 448 g/mol. The first kappa shape index (κ1) is 22.4. The van der Waals surface area contributed by atoms with E-state index in [1.54, 1.807) is 44.6 Å². The van der Waals surface area contributed by atoms with Crippen molar-refractivity contribution >= 4 is 11.7 Å². The average molecular weight is 449 g/mol. The van der Waals surface area contributed by atoms with Gasteiger partial charge in [-0.3, -0.25) is 9.59 Å². The molecule has 1 amide bonds. The largest absolute Gasteiger partial charge is 0.493 e. The number of aryl methyl sites for hydroxylation is 1. The van der Waals surface area contributed by atoms with Gasteiger partial charge in [-0.05, 0) is 49.7 Å². The molecule has 1 saturated heterocycles. The summed E-state index contributed by atoms with van der Waals surface area (Å²) in [7, 11) is 3.12. The number of carbonyl (C=O) groups excluding carboxylic acids is 1. The Morgan fingerprint density at radius 2 is 1.64 bits per heavy atom. The van der Waals surface area contributed by atoms with Gasteiger partial charge in [0.05, 0.1) is 19.9 Å². The van der Waals surface area contributed by atoms with E-state index in [1.807, 2.05) is 36.1 Å². The number of hydrogen-bond donors (Lipinski definition) is 0. The number of anilines is 1. The van der Waals surface area contributed by atoms with Crippen molar-refractivity contribution < 1.29 is 14.3 Å². The number of aromatic nitrogens is 2. The lowest BCUT2D eigenvalue weighted by Crippen LogP contribution is -2.36. The van der Waals surface area contributed by atoms with Crippen molar-refractivity contribution in [3.8, 4) is 17.2 Å². The Morgan fingerprint density at radius 3 is 2.36 bits per heavy atom. The third-order valence-corrected chi connectivity index (χ3v) is 5.80. The molecule has 0 bridgehead atoms. The zero-order valence-electron chi connectivity index (χ0n) is 19.2. The summed E-state index contributed by atoms with van der Waals surface area (Å²) >= 11 is 0. The van der Waals surface area contributed by atoms with Gasteiger partial charge in [0.15, 0.2) is 11.5 Å². The van der Waals surface area contributed by atoms with Gasteiger partial charge in [0, 0.05) is 37.8 Å². The quantitative estimate of drug-likeness (QED) is 0.597. The van der Waals surface area contributed by atoms with E-state index in [9.17, 15) is 9.59 Å². The molecule has 0 aliphatic carbocycles. The van der Waals surface area contributed by atoms with Crippen LogP contribution in [0.5, 0.6) is 11.5 Å². The molecular weight excluding hydrogens is 420 g/mol. The van der Waals surface area contributed by atoms with Crippen molar-refractivity contribution in [2.24, 2.45) is 0 Å². The minimum Gasteiger partial charge on any atom is -0.493 e. The van der Waals surface area contributed by atoms with Gasteiger partial charge in [0.2, 0.25) is 0 Å². The smallest absolute Gasteiger partial charge is 0.271 e. The third kappa shape index (κ3) is 4.84. The van der Waals surface area contributed by atoms with Crippen LogP contribution in [-0.2, 0) is 0 Å². The highest BCUT2D eigenvalue weighted by atomic mass is 16.5. The molecule has 1 aliphatic rings. The van der Waals surface area contributed by atoms with E-state index in [0.717, 1.165) is 30.0 Å². The summed E-state index contributed by atoms with van der Waals surface area (Å²) in [5.74, 6) is 1.79. The van der Waals surface area contributed by atoms with Crippen LogP contribution in [0.2, 0.25) is 0 Å². The van der Waals surface area contributed by atoms with Crippen LogP contribution in [0.25, 0.3) is 5.69 Å². The van der Waals surface area contributed by atoms with Crippen molar-refractivity contribution in [2.45, 2.75) is 13.3 Å². The summed E-state index contributed by atoms with van der Waals surface area (Å²) < 4.78 is 12.0. The molecule has 0 atom stereocenters. The fourth-order valence-corrected chi connectivity index (χ4v) is 3.94. The Hall–Kier alpha value is -3.81. The Morgan fingerprint density at radius 1 is 0.879 bits per heavy atom. The molecule has 0 radical (unpaired) electrons. The Balaban J connectivity index is 1.50. The molecule has 0 spiro atoms. The molecule has 0 unspecified atom stereocenters. The number of rotatable bonds is 5. The first-order valence-corrected chi connectivity index (χ1v) is 10.9. The van der Waals surface area contributed by atoms with Gasteiger partial charge >= 0.3 is 0 Å². The molecule has 4 rings (SSSR count). The second-order valence-corrected chi connectivity index (χ2v) is 7.98. The first-order chi connectivity index (χ1) is 16.0. The van der Waals surface area contributed by atoms with Gasteiger partial charge in [-0.15, -0.1) is 5.10 Å². The second kappa shape index (κ2) is 9.77. The summed E-state index contributed by atoms with van der Waals surface area (Å²) in [6, 6.07) is 16.2. The zero-order valence-corrected chi connectivity index (χ0v) is 19.2. The predicted octanol–water partition coefficient (Wildman–Crippen LogP) is 2.91. The summed E-state index contributed by atoms with van der Waals surface area (Å²) in [6.07, 6.45) is 0.796. The minimum atomic E-state index is -0.178. The van der Waals surface area contributed by atoms with E-state index < -0.39 is 0 Å². The van der Waals surface area contributed by atoms with Gasteiger partial charge in [0.1, 0.15) is 5.82 Å². The van der Waals surface area contributed by atoms with Crippen LogP contribution >= 0.6 is 0 Å². The van der Waals surface area contributed by atoms with Gasteiger partial charge in [-0.25, -0.2) is 0 Å². The van der Waals surface area contributed by atoms with E-state index in [1.165, 1.54) is 4.68 Å². The van der Waals surface area contributed by atoms with Crippen LogP contribution in [0.4, 0.5) is 5.82 Å². The van der Waals surface area contributed by atoms with Gasteiger partial charge < -0.3 is 19.3 Å². The normalized spacial score (nSPS) is 14.0. The maximum atomic E-state index is 13.1. The zero-order chi connectivity index (χ0) is 23.4. The first-order valence-electron chi connectivity index (χ1n) is 10.9. The Bertz CT molecular complexity index is 1190. The van der Waals surface area contributed by atoms with Crippen LogP contribution in [-0.4, -0.2) is 61.0 Å². The maximum Gasteiger partial charge on any atom is 0.271 e. The molecule has 172 valence electrons. The van der Waals surface area contributed by atoms with Gasteiger partial charge in [-0.1, -0.05) is 17.7 Å². The molecule has 2 aromatic carbocycles. The number of ether oxygens (including phenoxy) is 2. The fraction of sp³-hybridized carbons (Fsp3) is 0.320. The van der Waals surface area contributed by atoms with E-state index in [4.69, 9.17) is 9.47 Å². The molecule has 0 saturated carbocycles. The highest BCUT2D eigenvalue weighted by Gasteiger charge is 2.22. The molecule has 1 aromatic heterocycles. The molecule has 1 aliphatic heterocycles. The standard InChI is InChI=1S/C25H28N4O4/c1-18-5-8-20(9-6-18)29-24(30)12-11-23(26-29)27-13-4-14-28(16-15-27)25(31)19-7-10-21(32-2)22(17-19)33-3/h5-12,17H,4,13-16H2,1-3H3. The molecule has 2 heterocycles. The molecule has 1 fully saturated rings. The molecule has 0 N–H and O–H groups in total. The SMILES string of the molecule is COc1ccc(C(=O)N2CCCN(c3ccc(=O)n(-c4ccc(C)cc4)n3)CC2)cc1OC. The maximum absolute atomic E-state index is 13.1. The van der Waals surface area contributed by atoms with Crippen molar-refractivity contribution in [3.05, 3.63) is 76.1 Å². The summed E-state index contributed by atoms with van der Waals surface area (Å²) in [5, 5.41) is 4.60. The minimum absolute atomic E-state index is 0.0459. The second-order valence-electron chi connectivity index (χ2n) is 7.98. The molecule has 8 heteroatoms. The summed E-state index contributed by atoms with van der Waals surface area (Å²) in [6.45, 7) is 4.56. The van der Waals surface area contributed by atoms with E-state index in [-0.39, 0.29) is 11.5 Å². The molecule has 33 heavy (non-hydrogen) atoms. The lowest BCUT2D eigenvalue weighted by atomic mass is 10.1. The van der Waals surface area contributed by atoms with E-state index >= 15 is 0 Å². The average Bonchev–Trinajstić information content (AvgIpc) is 3.10. The van der Waals surface area contributed by atoms with E-state index in [0.29, 0.717) is 36.7 Å². The van der Waals surface area contributed by atoms with Crippen LogP contribution in [0.3, 0.4) is 0 Å². The fourth-order valence-electron chi connectivity index (χ4n) is 3.94. The summed E-state index contributed by atoms with van der Waals surface area (Å²) in [5.41, 5.74) is 2.23. The number of benzene rings is 2. The van der Waals surface area contributed by atoms with Gasteiger partial charge in [0.25, 0.3) is 11.5 Å². The third-order valence-electron chi connectivity index (χ3n) is 5.80. The van der Waals surface area contributed by atoms with E-state index in [2.05, 4.69) is 10.00 Å². The number of methoxy groups -OCH3 is 2. The van der Waals surface area contributed by atoms with Crippen molar-refractivity contribution in [3.63, 3.8) is 0 Å². The lowest BCUT2D eigenvalue weighted by Gasteiger charge is -2.23. The number of nitrogens with zero attached hydrogens (tertiary/aromatic N) is 4. The van der Waals surface area contributed by atoms with Gasteiger partial charge in [-0.2, -0.15) is 4.68 Å². The van der Waals surface area contributed by atoms with Crippen LogP contribution in [0, 0.1) is 6.92 Å². The highest BCUT2D eigenvalue weighted by molar-refractivity contribution is 5.95. The van der Waals surface area contributed by atoms with Crippen LogP contribution in [0.15, 0.2) is 59.4 Å². The van der Waals surface area contributed by atoms with Crippen LogP contribution in [0.1, 0.15) is 22.3 Å². The predicted molar refractivity (Wildman–Crippen MR) is 127 cm³/mol. The van der Waals surface area contributed by atoms with Crippen molar-refractivity contribution in [2.75, 3.05) is 45.3 Å². The Labute approximate surface area is 193 Å². The number of carbonyl (C=O) groups is 1. The van der Waals surface area contributed by atoms with Crippen LogP contribution < -0.4 is 19.9 Å². The topological polar surface area (TPSA) is 76.9 Å². The number of hydrogen-bond acceptors (Lipinski definition) is 6.